The fourth-order valence-electron chi connectivity index (χ4n) is 2.60. The molecule has 0 aliphatic carbocycles. The van der Waals surface area contributed by atoms with Gasteiger partial charge in [0.25, 0.3) is 10.2 Å². The Morgan fingerprint density at radius 3 is 2.71 bits per heavy atom. The average Bonchev–Trinajstić information content (AvgIpc) is 2.99. The van der Waals surface area contributed by atoms with Gasteiger partial charge >= 0.3 is 0 Å². The molecule has 0 radical (unpaired) electrons. The Kier molecular flexibility index (Phi) is 5.80. The first-order valence-corrected chi connectivity index (χ1v) is 8.98. The summed E-state index contributed by atoms with van der Waals surface area (Å²) in [5.74, 6) is 1.19. The van der Waals surface area contributed by atoms with E-state index in [1.807, 2.05) is 0 Å². The van der Waals surface area contributed by atoms with Gasteiger partial charge in [-0.2, -0.15) is 17.4 Å². The molecule has 1 aromatic rings. The maximum atomic E-state index is 12.4. The molecule has 1 aliphatic rings. The molecule has 1 unspecified atom stereocenters. The van der Waals surface area contributed by atoms with Crippen LogP contribution < -0.4 is 10.0 Å². The van der Waals surface area contributed by atoms with E-state index in [0.717, 1.165) is 25.9 Å². The highest BCUT2D eigenvalue weighted by Gasteiger charge is 2.29. The molecule has 0 spiro atoms. The van der Waals surface area contributed by atoms with E-state index in [-0.39, 0.29) is 6.04 Å². The van der Waals surface area contributed by atoms with Gasteiger partial charge in [-0.25, -0.2) is 0 Å². The first kappa shape index (κ1) is 16.5. The highest BCUT2D eigenvalue weighted by Crippen LogP contribution is 2.20. The molecule has 0 saturated carbocycles. The van der Waals surface area contributed by atoms with Crippen molar-refractivity contribution in [3.63, 3.8) is 0 Å². The lowest BCUT2D eigenvalue weighted by molar-refractivity contribution is 0.264. The lowest BCUT2D eigenvalue weighted by Crippen LogP contribution is -2.46. The number of hydrogen-bond donors (Lipinski definition) is 2. The van der Waals surface area contributed by atoms with Gasteiger partial charge in [0, 0.05) is 13.1 Å². The molecule has 120 valence electrons. The number of nitrogens with one attached hydrogen (secondary N) is 2. The summed E-state index contributed by atoms with van der Waals surface area (Å²) in [5.41, 5.74) is 0. The smallest absolute Gasteiger partial charge is 0.280 e. The molecule has 1 fully saturated rings. The zero-order valence-corrected chi connectivity index (χ0v) is 13.5. The van der Waals surface area contributed by atoms with Crippen LogP contribution in [0.4, 0.5) is 0 Å². The van der Waals surface area contributed by atoms with Crippen LogP contribution >= 0.6 is 0 Å². The monoisotopic (exact) mass is 315 g/mol. The lowest BCUT2D eigenvalue weighted by Gasteiger charge is -2.31. The van der Waals surface area contributed by atoms with Crippen molar-refractivity contribution >= 4 is 10.2 Å². The Morgan fingerprint density at radius 1 is 1.43 bits per heavy atom. The standard InChI is InChI=1S/C14H25N3O3S/c1-3-15-11-13-6-8-17(9-7-13)21(18,19)16-12(2)14-5-4-10-20-14/h4-5,10,12-13,15-16H,3,6-9,11H2,1-2H3. The minimum atomic E-state index is -3.45. The van der Waals surface area contributed by atoms with E-state index < -0.39 is 10.2 Å². The largest absolute Gasteiger partial charge is 0.468 e. The Labute approximate surface area is 127 Å². The number of rotatable bonds is 7. The molecule has 6 nitrogen and oxygen atoms in total. The molecule has 21 heavy (non-hydrogen) atoms. The molecule has 1 aromatic heterocycles. The fourth-order valence-corrected chi connectivity index (χ4v) is 4.00. The molecule has 0 amide bonds. The second-order valence-corrected chi connectivity index (χ2v) is 7.21. The van der Waals surface area contributed by atoms with Gasteiger partial charge in [-0.05, 0) is 50.9 Å². The Balaban J connectivity index is 1.86. The summed E-state index contributed by atoms with van der Waals surface area (Å²) in [7, 11) is -3.45. The van der Waals surface area contributed by atoms with E-state index in [4.69, 9.17) is 4.42 Å². The van der Waals surface area contributed by atoms with E-state index >= 15 is 0 Å². The predicted octanol–water partition coefficient (Wildman–Crippen LogP) is 1.50. The SMILES string of the molecule is CCNCC1CCN(S(=O)(=O)NC(C)c2ccco2)CC1. The fraction of sp³-hybridized carbons (Fsp3) is 0.714. The summed E-state index contributed by atoms with van der Waals surface area (Å²) in [6, 6.07) is 3.17. The van der Waals surface area contributed by atoms with E-state index in [0.29, 0.717) is 24.8 Å². The van der Waals surface area contributed by atoms with Crippen molar-refractivity contribution in [3.05, 3.63) is 24.2 Å². The summed E-state index contributed by atoms with van der Waals surface area (Å²) in [6.07, 6.45) is 3.36. The topological polar surface area (TPSA) is 74.6 Å². The van der Waals surface area contributed by atoms with Crippen LogP contribution in [-0.2, 0) is 10.2 Å². The maximum absolute atomic E-state index is 12.4. The van der Waals surface area contributed by atoms with Gasteiger partial charge in [0.2, 0.25) is 0 Å². The Bertz CT molecular complexity index is 508. The van der Waals surface area contributed by atoms with Crippen molar-refractivity contribution < 1.29 is 12.8 Å². The molecule has 2 rings (SSSR count). The average molecular weight is 315 g/mol. The van der Waals surface area contributed by atoms with Crippen LogP contribution in [-0.4, -0.2) is 38.9 Å². The van der Waals surface area contributed by atoms with Crippen molar-refractivity contribution in [1.82, 2.24) is 14.3 Å². The summed E-state index contributed by atoms with van der Waals surface area (Å²) < 4.78 is 34.2. The van der Waals surface area contributed by atoms with Gasteiger partial charge in [0.1, 0.15) is 5.76 Å². The van der Waals surface area contributed by atoms with Crippen LogP contribution in [0.25, 0.3) is 0 Å². The number of furan rings is 1. The van der Waals surface area contributed by atoms with E-state index in [9.17, 15) is 8.42 Å². The molecule has 0 aromatic carbocycles. The molecule has 7 heteroatoms. The van der Waals surface area contributed by atoms with Crippen molar-refractivity contribution in [1.29, 1.82) is 0 Å². The molecule has 1 atom stereocenters. The highest BCUT2D eigenvalue weighted by molar-refractivity contribution is 7.87. The van der Waals surface area contributed by atoms with E-state index in [1.54, 1.807) is 25.3 Å². The Hall–Kier alpha value is -0.890. The second kappa shape index (κ2) is 7.40. The molecule has 2 heterocycles. The highest BCUT2D eigenvalue weighted by atomic mass is 32.2. The summed E-state index contributed by atoms with van der Waals surface area (Å²) >= 11 is 0. The molecule has 1 aliphatic heterocycles. The van der Waals surface area contributed by atoms with Crippen LogP contribution in [0.1, 0.15) is 38.5 Å². The third kappa shape index (κ3) is 4.54. The van der Waals surface area contributed by atoms with Gasteiger partial charge in [-0.15, -0.1) is 0 Å². The number of hydrogen-bond acceptors (Lipinski definition) is 4. The summed E-state index contributed by atoms with van der Waals surface area (Å²) in [6.45, 7) is 6.96. The normalized spacial score (nSPS) is 19.7. The second-order valence-electron chi connectivity index (χ2n) is 5.51. The Morgan fingerprint density at radius 2 is 2.14 bits per heavy atom. The zero-order chi connectivity index (χ0) is 15.3. The van der Waals surface area contributed by atoms with Crippen LogP contribution in [0.3, 0.4) is 0 Å². The van der Waals surface area contributed by atoms with E-state index in [1.165, 1.54) is 4.31 Å². The van der Waals surface area contributed by atoms with Crippen molar-refractivity contribution in [3.8, 4) is 0 Å². The van der Waals surface area contributed by atoms with Gasteiger partial charge in [-0.3, -0.25) is 0 Å². The molecule has 1 saturated heterocycles. The van der Waals surface area contributed by atoms with Crippen molar-refractivity contribution in [2.24, 2.45) is 5.92 Å². The van der Waals surface area contributed by atoms with E-state index in [2.05, 4.69) is 17.0 Å². The predicted molar refractivity (Wildman–Crippen MR) is 82.0 cm³/mol. The van der Waals surface area contributed by atoms with Crippen molar-refractivity contribution in [2.45, 2.75) is 32.7 Å². The quantitative estimate of drug-likeness (QED) is 0.799. The minimum Gasteiger partial charge on any atom is -0.468 e. The molecule has 2 N–H and O–H groups in total. The van der Waals surface area contributed by atoms with Crippen LogP contribution in [0, 0.1) is 5.92 Å². The van der Waals surface area contributed by atoms with Crippen LogP contribution in [0.5, 0.6) is 0 Å². The molecular weight excluding hydrogens is 290 g/mol. The first-order chi connectivity index (χ1) is 10.0. The summed E-state index contributed by atoms with van der Waals surface area (Å²) in [5, 5.41) is 3.33. The molecular formula is C14H25N3O3S. The van der Waals surface area contributed by atoms with Gasteiger partial charge in [-0.1, -0.05) is 6.92 Å². The zero-order valence-electron chi connectivity index (χ0n) is 12.7. The third-order valence-electron chi connectivity index (χ3n) is 3.89. The lowest BCUT2D eigenvalue weighted by atomic mass is 9.98. The van der Waals surface area contributed by atoms with Crippen molar-refractivity contribution in [2.75, 3.05) is 26.2 Å². The van der Waals surface area contributed by atoms with Crippen LogP contribution in [0.2, 0.25) is 0 Å². The third-order valence-corrected chi connectivity index (χ3v) is 5.59. The van der Waals surface area contributed by atoms with Gasteiger partial charge in [0.15, 0.2) is 0 Å². The minimum absolute atomic E-state index is 0.357. The van der Waals surface area contributed by atoms with Gasteiger partial charge < -0.3 is 9.73 Å². The van der Waals surface area contributed by atoms with Gasteiger partial charge in [0.05, 0.1) is 12.3 Å². The number of piperidine rings is 1. The number of nitrogens with zero attached hydrogens (tertiary/aromatic N) is 1. The van der Waals surface area contributed by atoms with Crippen LogP contribution in [0.15, 0.2) is 22.8 Å². The first-order valence-electron chi connectivity index (χ1n) is 7.54. The molecule has 0 bridgehead atoms. The maximum Gasteiger partial charge on any atom is 0.280 e. The summed E-state index contributed by atoms with van der Waals surface area (Å²) in [4.78, 5) is 0.